The molecule has 1 fully saturated rings. The SMILES string of the molecule is CCNCc1ccc(N2CC(C)CC(C)C2)nc1. The summed E-state index contributed by atoms with van der Waals surface area (Å²) in [6.45, 7) is 11.0. The molecule has 0 spiro atoms. The summed E-state index contributed by atoms with van der Waals surface area (Å²) in [4.78, 5) is 7.04. The van der Waals surface area contributed by atoms with Gasteiger partial charge in [-0.1, -0.05) is 26.8 Å². The fraction of sp³-hybridized carbons (Fsp3) is 0.667. The smallest absolute Gasteiger partial charge is 0.128 e. The molecule has 0 radical (unpaired) electrons. The molecule has 0 aliphatic carbocycles. The van der Waals surface area contributed by atoms with Gasteiger partial charge in [0.25, 0.3) is 0 Å². The van der Waals surface area contributed by atoms with Crippen LogP contribution in [0.4, 0.5) is 5.82 Å². The summed E-state index contributed by atoms with van der Waals surface area (Å²) >= 11 is 0. The number of piperidine rings is 1. The third-order valence-corrected chi connectivity index (χ3v) is 3.58. The number of pyridine rings is 1. The van der Waals surface area contributed by atoms with E-state index in [9.17, 15) is 0 Å². The Bertz CT molecular complexity index is 351. The van der Waals surface area contributed by atoms with Gasteiger partial charge in [0.05, 0.1) is 0 Å². The van der Waals surface area contributed by atoms with Crippen LogP contribution in [0.25, 0.3) is 0 Å². The molecule has 2 unspecified atom stereocenters. The summed E-state index contributed by atoms with van der Waals surface area (Å²) in [5.41, 5.74) is 1.26. The maximum Gasteiger partial charge on any atom is 0.128 e. The molecule has 2 atom stereocenters. The van der Waals surface area contributed by atoms with Crippen molar-refractivity contribution in [2.45, 2.75) is 33.7 Å². The van der Waals surface area contributed by atoms with Crippen LogP contribution >= 0.6 is 0 Å². The average Bonchev–Trinajstić information content (AvgIpc) is 2.36. The van der Waals surface area contributed by atoms with Crippen LogP contribution in [-0.4, -0.2) is 24.6 Å². The van der Waals surface area contributed by atoms with Crippen molar-refractivity contribution in [3.8, 4) is 0 Å². The minimum absolute atomic E-state index is 0.775. The number of rotatable bonds is 4. The first-order chi connectivity index (χ1) is 8.69. The molecule has 18 heavy (non-hydrogen) atoms. The number of nitrogens with zero attached hydrogens (tertiary/aromatic N) is 2. The zero-order valence-electron chi connectivity index (χ0n) is 11.8. The standard InChI is InChI=1S/C15H25N3/c1-4-16-8-14-5-6-15(17-9-14)18-10-12(2)7-13(3)11-18/h5-6,9,12-13,16H,4,7-8,10-11H2,1-3H3. The van der Waals surface area contributed by atoms with Gasteiger partial charge in [0.2, 0.25) is 0 Å². The lowest BCUT2D eigenvalue weighted by molar-refractivity contribution is 0.355. The molecule has 0 saturated carbocycles. The Morgan fingerprint density at radius 1 is 1.28 bits per heavy atom. The molecule has 0 amide bonds. The second-order valence-corrected chi connectivity index (χ2v) is 5.66. The maximum atomic E-state index is 4.61. The first-order valence-corrected chi connectivity index (χ1v) is 7.09. The second kappa shape index (κ2) is 6.19. The van der Waals surface area contributed by atoms with E-state index in [4.69, 9.17) is 0 Å². The van der Waals surface area contributed by atoms with Gasteiger partial charge < -0.3 is 10.2 Å². The lowest BCUT2D eigenvalue weighted by Gasteiger charge is -2.35. The Kier molecular flexibility index (Phi) is 4.59. The van der Waals surface area contributed by atoms with Gasteiger partial charge >= 0.3 is 0 Å². The Morgan fingerprint density at radius 3 is 2.56 bits per heavy atom. The minimum atomic E-state index is 0.775. The van der Waals surface area contributed by atoms with Crippen molar-refractivity contribution in [2.24, 2.45) is 11.8 Å². The first-order valence-electron chi connectivity index (χ1n) is 7.09. The summed E-state index contributed by atoms with van der Waals surface area (Å²) in [6, 6.07) is 4.35. The second-order valence-electron chi connectivity index (χ2n) is 5.66. The van der Waals surface area contributed by atoms with E-state index >= 15 is 0 Å². The van der Waals surface area contributed by atoms with Crippen LogP contribution in [0.15, 0.2) is 18.3 Å². The Labute approximate surface area is 111 Å². The molecule has 3 heteroatoms. The van der Waals surface area contributed by atoms with Crippen molar-refractivity contribution in [3.63, 3.8) is 0 Å². The molecule has 3 nitrogen and oxygen atoms in total. The van der Waals surface area contributed by atoms with Crippen molar-refractivity contribution in [1.29, 1.82) is 0 Å². The molecule has 1 aliphatic rings. The van der Waals surface area contributed by atoms with Crippen LogP contribution in [0.1, 0.15) is 32.8 Å². The normalized spacial score (nSPS) is 24.3. The van der Waals surface area contributed by atoms with Gasteiger partial charge in [-0.15, -0.1) is 0 Å². The lowest BCUT2D eigenvalue weighted by atomic mass is 9.92. The van der Waals surface area contributed by atoms with E-state index in [1.807, 2.05) is 6.20 Å². The fourth-order valence-electron chi connectivity index (χ4n) is 2.83. The van der Waals surface area contributed by atoms with E-state index in [1.54, 1.807) is 0 Å². The Hall–Kier alpha value is -1.09. The molecule has 2 heterocycles. The van der Waals surface area contributed by atoms with Gasteiger partial charge in [-0.25, -0.2) is 4.98 Å². The molecular formula is C15H25N3. The molecule has 0 aromatic carbocycles. The number of hydrogen-bond donors (Lipinski definition) is 1. The number of nitrogens with one attached hydrogen (secondary N) is 1. The minimum Gasteiger partial charge on any atom is -0.356 e. The molecule has 100 valence electrons. The van der Waals surface area contributed by atoms with Crippen LogP contribution in [0.3, 0.4) is 0 Å². The van der Waals surface area contributed by atoms with Crippen molar-refractivity contribution < 1.29 is 0 Å². The largest absolute Gasteiger partial charge is 0.356 e. The third kappa shape index (κ3) is 3.45. The molecule has 1 saturated heterocycles. The maximum absolute atomic E-state index is 4.61. The Balaban J connectivity index is 2.00. The highest BCUT2D eigenvalue weighted by atomic mass is 15.2. The van der Waals surface area contributed by atoms with Gasteiger partial charge in [0.15, 0.2) is 0 Å². The van der Waals surface area contributed by atoms with Crippen molar-refractivity contribution in [3.05, 3.63) is 23.9 Å². The summed E-state index contributed by atoms with van der Waals surface area (Å²) in [5, 5.41) is 3.32. The number of aromatic nitrogens is 1. The molecule has 1 aromatic rings. The van der Waals surface area contributed by atoms with E-state index in [-0.39, 0.29) is 0 Å². The monoisotopic (exact) mass is 247 g/mol. The molecule has 1 aliphatic heterocycles. The van der Waals surface area contributed by atoms with Crippen LogP contribution in [0.2, 0.25) is 0 Å². The van der Waals surface area contributed by atoms with Gasteiger partial charge in [0.1, 0.15) is 5.82 Å². The third-order valence-electron chi connectivity index (χ3n) is 3.58. The molecule has 0 bridgehead atoms. The van der Waals surface area contributed by atoms with Crippen molar-refractivity contribution in [1.82, 2.24) is 10.3 Å². The van der Waals surface area contributed by atoms with Crippen molar-refractivity contribution >= 4 is 5.82 Å². The lowest BCUT2D eigenvalue weighted by Crippen LogP contribution is -2.39. The predicted molar refractivity (Wildman–Crippen MR) is 76.8 cm³/mol. The van der Waals surface area contributed by atoms with Gasteiger partial charge in [-0.2, -0.15) is 0 Å². The summed E-state index contributed by atoms with van der Waals surface area (Å²) in [7, 11) is 0. The Morgan fingerprint density at radius 2 is 2.00 bits per heavy atom. The van der Waals surface area contributed by atoms with Crippen LogP contribution in [0.5, 0.6) is 0 Å². The van der Waals surface area contributed by atoms with Gasteiger partial charge in [-0.3, -0.25) is 0 Å². The number of hydrogen-bond acceptors (Lipinski definition) is 3. The van der Waals surface area contributed by atoms with E-state index < -0.39 is 0 Å². The fourth-order valence-corrected chi connectivity index (χ4v) is 2.83. The molecule has 1 N–H and O–H groups in total. The van der Waals surface area contributed by atoms with Crippen LogP contribution < -0.4 is 10.2 Å². The first kappa shape index (κ1) is 13.3. The van der Waals surface area contributed by atoms with E-state index in [0.29, 0.717) is 0 Å². The predicted octanol–water partition coefficient (Wildman–Crippen LogP) is 2.67. The zero-order chi connectivity index (χ0) is 13.0. The highest BCUT2D eigenvalue weighted by molar-refractivity contribution is 5.40. The summed E-state index contributed by atoms with van der Waals surface area (Å²) in [6.07, 6.45) is 3.34. The van der Waals surface area contributed by atoms with Gasteiger partial charge in [-0.05, 0) is 36.4 Å². The summed E-state index contributed by atoms with van der Waals surface area (Å²) in [5.74, 6) is 2.68. The van der Waals surface area contributed by atoms with Crippen LogP contribution in [-0.2, 0) is 6.54 Å². The average molecular weight is 247 g/mol. The molecule has 2 rings (SSSR count). The zero-order valence-corrected chi connectivity index (χ0v) is 11.8. The number of anilines is 1. The van der Waals surface area contributed by atoms with Crippen molar-refractivity contribution in [2.75, 3.05) is 24.5 Å². The van der Waals surface area contributed by atoms with E-state index in [0.717, 1.165) is 43.8 Å². The molecular weight excluding hydrogens is 222 g/mol. The molecule has 1 aromatic heterocycles. The van der Waals surface area contributed by atoms with E-state index in [1.165, 1.54) is 12.0 Å². The highest BCUT2D eigenvalue weighted by Crippen LogP contribution is 2.24. The van der Waals surface area contributed by atoms with Gasteiger partial charge in [0, 0.05) is 25.8 Å². The highest BCUT2D eigenvalue weighted by Gasteiger charge is 2.22. The topological polar surface area (TPSA) is 28.2 Å². The quantitative estimate of drug-likeness (QED) is 0.886. The van der Waals surface area contributed by atoms with E-state index in [2.05, 4.69) is 48.1 Å². The van der Waals surface area contributed by atoms with Crippen LogP contribution in [0, 0.1) is 11.8 Å². The summed E-state index contributed by atoms with van der Waals surface area (Å²) < 4.78 is 0.